The molecule has 5 heteroatoms. The number of hydrogen-bond acceptors (Lipinski definition) is 3. The lowest BCUT2D eigenvalue weighted by Gasteiger charge is -2.13. The molecule has 0 unspecified atom stereocenters. The van der Waals surface area contributed by atoms with Crippen LogP contribution in [0, 0.1) is 0 Å². The molecule has 1 aliphatic heterocycles. The predicted octanol–water partition coefficient (Wildman–Crippen LogP) is 1.42. The smallest absolute Gasteiger partial charge is 0.335 e. The zero-order valence-corrected chi connectivity index (χ0v) is 9.73. The minimum absolute atomic E-state index is 0.285. The number of carbonyl (C=O) groups is 1. The number of nitrogens with zero attached hydrogens (tertiary/aromatic N) is 1. The van der Waals surface area contributed by atoms with Crippen LogP contribution in [0.2, 0.25) is 0 Å². The van der Waals surface area contributed by atoms with Gasteiger partial charge >= 0.3 is 5.97 Å². The maximum Gasteiger partial charge on any atom is 0.335 e. The number of H-pyrrole nitrogens is 1. The van der Waals surface area contributed by atoms with E-state index in [0.717, 1.165) is 42.0 Å². The van der Waals surface area contributed by atoms with E-state index in [0.29, 0.717) is 0 Å². The number of fused-ring (bicyclic) bond motifs is 1. The van der Waals surface area contributed by atoms with Gasteiger partial charge in [0, 0.05) is 36.3 Å². The Morgan fingerprint density at radius 1 is 1.39 bits per heavy atom. The molecule has 0 saturated heterocycles. The molecule has 0 aliphatic carbocycles. The highest BCUT2D eigenvalue weighted by molar-refractivity contribution is 5.89. The third-order valence-corrected chi connectivity index (χ3v) is 3.19. The molecule has 2 aromatic rings. The number of rotatable bonds is 2. The van der Waals surface area contributed by atoms with E-state index in [-0.39, 0.29) is 5.56 Å². The van der Waals surface area contributed by atoms with Crippen LogP contribution in [0.25, 0.3) is 11.3 Å². The van der Waals surface area contributed by atoms with Crippen molar-refractivity contribution >= 4 is 5.97 Å². The fraction of sp³-hybridized carbons (Fsp3) is 0.231. The first-order valence-corrected chi connectivity index (χ1v) is 5.86. The van der Waals surface area contributed by atoms with Crippen molar-refractivity contribution in [3.05, 3.63) is 41.1 Å². The van der Waals surface area contributed by atoms with E-state index >= 15 is 0 Å². The van der Waals surface area contributed by atoms with Crippen molar-refractivity contribution in [3.63, 3.8) is 0 Å². The molecule has 92 valence electrons. The van der Waals surface area contributed by atoms with Gasteiger partial charge in [0.1, 0.15) is 0 Å². The maximum absolute atomic E-state index is 11.0. The molecule has 1 aromatic heterocycles. The zero-order chi connectivity index (χ0) is 12.5. The largest absolute Gasteiger partial charge is 0.478 e. The first kappa shape index (κ1) is 11.0. The van der Waals surface area contributed by atoms with Gasteiger partial charge in [0.2, 0.25) is 0 Å². The number of carboxylic acids is 1. The predicted molar refractivity (Wildman–Crippen MR) is 66.4 cm³/mol. The van der Waals surface area contributed by atoms with Gasteiger partial charge in [-0.05, 0) is 12.1 Å². The highest BCUT2D eigenvalue weighted by atomic mass is 16.4. The summed E-state index contributed by atoms with van der Waals surface area (Å²) in [4.78, 5) is 11.0. The first-order valence-electron chi connectivity index (χ1n) is 5.86. The fourth-order valence-electron chi connectivity index (χ4n) is 2.26. The molecule has 0 atom stereocenters. The lowest BCUT2D eigenvalue weighted by molar-refractivity contribution is 0.0697. The van der Waals surface area contributed by atoms with Crippen LogP contribution in [0.5, 0.6) is 0 Å². The van der Waals surface area contributed by atoms with E-state index in [4.69, 9.17) is 5.11 Å². The van der Waals surface area contributed by atoms with Crippen molar-refractivity contribution in [2.24, 2.45) is 0 Å². The van der Waals surface area contributed by atoms with Crippen LogP contribution in [0.4, 0.5) is 0 Å². The van der Waals surface area contributed by atoms with Gasteiger partial charge in [-0.1, -0.05) is 12.1 Å². The SMILES string of the molecule is O=C(O)c1cccc(-c2n[nH]c3c2CNCC3)c1. The number of aromatic carboxylic acids is 1. The molecule has 0 saturated carbocycles. The molecular weight excluding hydrogens is 230 g/mol. The summed E-state index contributed by atoms with van der Waals surface area (Å²) >= 11 is 0. The second kappa shape index (κ2) is 4.27. The molecular formula is C13H13N3O2. The Hall–Kier alpha value is -2.14. The molecule has 5 nitrogen and oxygen atoms in total. The number of hydrogen-bond donors (Lipinski definition) is 3. The van der Waals surface area contributed by atoms with E-state index in [2.05, 4.69) is 15.5 Å². The van der Waals surface area contributed by atoms with Gasteiger partial charge in [0.15, 0.2) is 0 Å². The number of benzene rings is 1. The summed E-state index contributed by atoms with van der Waals surface area (Å²) in [6.07, 6.45) is 0.932. The van der Waals surface area contributed by atoms with Crippen LogP contribution >= 0.6 is 0 Å². The molecule has 0 radical (unpaired) electrons. The molecule has 3 rings (SSSR count). The summed E-state index contributed by atoms with van der Waals surface area (Å²) in [6.45, 7) is 1.72. The minimum atomic E-state index is -0.917. The van der Waals surface area contributed by atoms with Crippen molar-refractivity contribution in [2.45, 2.75) is 13.0 Å². The highest BCUT2D eigenvalue weighted by Gasteiger charge is 2.18. The lowest BCUT2D eigenvalue weighted by Crippen LogP contribution is -2.23. The molecule has 1 aromatic carbocycles. The van der Waals surface area contributed by atoms with Crippen LogP contribution in [0.15, 0.2) is 24.3 Å². The van der Waals surface area contributed by atoms with Gasteiger partial charge in [-0.3, -0.25) is 5.10 Å². The fourth-order valence-corrected chi connectivity index (χ4v) is 2.26. The minimum Gasteiger partial charge on any atom is -0.478 e. The molecule has 0 amide bonds. The molecule has 0 bridgehead atoms. The Bertz CT molecular complexity index is 604. The average Bonchev–Trinajstić information content (AvgIpc) is 2.82. The Morgan fingerprint density at radius 3 is 3.11 bits per heavy atom. The normalized spacial score (nSPS) is 14.2. The molecule has 0 spiro atoms. The quantitative estimate of drug-likeness (QED) is 0.745. The van der Waals surface area contributed by atoms with Crippen molar-refractivity contribution in [2.75, 3.05) is 6.54 Å². The van der Waals surface area contributed by atoms with Gasteiger partial charge in [-0.2, -0.15) is 5.10 Å². The van der Waals surface area contributed by atoms with Crippen LogP contribution < -0.4 is 5.32 Å². The molecule has 2 heterocycles. The number of aromatic amines is 1. The monoisotopic (exact) mass is 243 g/mol. The second-order valence-corrected chi connectivity index (χ2v) is 4.34. The van der Waals surface area contributed by atoms with Gasteiger partial charge in [-0.25, -0.2) is 4.79 Å². The van der Waals surface area contributed by atoms with Gasteiger partial charge in [0.25, 0.3) is 0 Å². The Kier molecular flexibility index (Phi) is 2.60. The van der Waals surface area contributed by atoms with E-state index in [9.17, 15) is 4.79 Å². The van der Waals surface area contributed by atoms with Crippen molar-refractivity contribution in [3.8, 4) is 11.3 Å². The zero-order valence-electron chi connectivity index (χ0n) is 9.73. The summed E-state index contributed by atoms with van der Waals surface area (Å²) in [7, 11) is 0. The van der Waals surface area contributed by atoms with E-state index in [1.807, 2.05) is 6.07 Å². The average molecular weight is 243 g/mol. The van der Waals surface area contributed by atoms with Crippen molar-refractivity contribution < 1.29 is 9.90 Å². The summed E-state index contributed by atoms with van der Waals surface area (Å²) < 4.78 is 0. The number of nitrogens with one attached hydrogen (secondary N) is 2. The van der Waals surface area contributed by atoms with E-state index in [1.165, 1.54) is 0 Å². The Morgan fingerprint density at radius 2 is 2.28 bits per heavy atom. The lowest BCUT2D eigenvalue weighted by atomic mass is 10.0. The number of carboxylic acid groups (broad SMARTS) is 1. The second-order valence-electron chi connectivity index (χ2n) is 4.34. The molecule has 0 fully saturated rings. The van der Waals surface area contributed by atoms with Crippen LogP contribution in [-0.2, 0) is 13.0 Å². The third kappa shape index (κ3) is 1.78. The summed E-state index contributed by atoms with van der Waals surface area (Å²) in [5.41, 5.74) is 4.26. The van der Waals surface area contributed by atoms with Crippen molar-refractivity contribution in [1.29, 1.82) is 0 Å². The number of aromatic nitrogens is 2. The van der Waals surface area contributed by atoms with Crippen LogP contribution in [0.3, 0.4) is 0 Å². The van der Waals surface area contributed by atoms with E-state index in [1.54, 1.807) is 18.2 Å². The highest BCUT2D eigenvalue weighted by Crippen LogP contribution is 2.26. The maximum atomic E-state index is 11.0. The Labute approximate surface area is 104 Å². The summed E-state index contributed by atoms with van der Waals surface area (Å²) in [5, 5.41) is 19.6. The van der Waals surface area contributed by atoms with Gasteiger partial charge in [-0.15, -0.1) is 0 Å². The summed E-state index contributed by atoms with van der Waals surface area (Å²) in [5.74, 6) is -0.917. The topological polar surface area (TPSA) is 78.0 Å². The molecule has 3 N–H and O–H groups in total. The summed E-state index contributed by atoms with van der Waals surface area (Å²) in [6, 6.07) is 6.88. The molecule has 1 aliphatic rings. The standard InChI is InChI=1S/C13H13N3O2/c17-13(18)9-3-1-2-8(6-9)12-10-7-14-5-4-11(10)15-16-12/h1-3,6,14H,4-5,7H2,(H,15,16)(H,17,18). The van der Waals surface area contributed by atoms with Gasteiger partial charge < -0.3 is 10.4 Å². The van der Waals surface area contributed by atoms with Crippen LogP contribution in [-0.4, -0.2) is 27.8 Å². The van der Waals surface area contributed by atoms with E-state index < -0.39 is 5.97 Å². The third-order valence-electron chi connectivity index (χ3n) is 3.19. The van der Waals surface area contributed by atoms with Crippen molar-refractivity contribution in [1.82, 2.24) is 15.5 Å². The van der Waals surface area contributed by atoms with Gasteiger partial charge in [0.05, 0.1) is 11.3 Å². The van der Waals surface area contributed by atoms with Crippen LogP contribution in [0.1, 0.15) is 21.6 Å². The Balaban J connectivity index is 2.07. The molecule has 18 heavy (non-hydrogen) atoms. The first-order chi connectivity index (χ1) is 8.75.